The van der Waals surface area contributed by atoms with Crippen molar-refractivity contribution >= 4 is 15.9 Å². The largest absolute Gasteiger partial charge is 0.484 e. The van der Waals surface area contributed by atoms with Crippen LogP contribution in [0.25, 0.3) is 0 Å². The van der Waals surface area contributed by atoms with Gasteiger partial charge < -0.3 is 10.1 Å². The second-order valence-corrected chi connectivity index (χ2v) is 7.96. The maximum absolute atomic E-state index is 12.1. The number of carbonyl (C=O) groups is 1. The summed E-state index contributed by atoms with van der Waals surface area (Å²) >= 11 is 0. The zero-order valence-electron chi connectivity index (χ0n) is 15.0. The molecule has 1 aromatic carbocycles. The minimum atomic E-state index is -3.54. The fourth-order valence-electron chi connectivity index (χ4n) is 2.29. The fourth-order valence-corrected chi connectivity index (χ4v) is 3.63. The Kier molecular flexibility index (Phi) is 7.69. The number of rotatable bonds is 9. The van der Waals surface area contributed by atoms with E-state index in [0.717, 1.165) is 12.8 Å². The third kappa shape index (κ3) is 6.49. The topological polar surface area (TPSA) is 84.5 Å². The van der Waals surface area contributed by atoms with Crippen LogP contribution in [0.2, 0.25) is 0 Å². The Hall–Kier alpha value is -1.60. The van der Waals surface area contributed by atoms with Crippen LogP contribution in [0.15, 0.2) is 23.1 Å². The van der Waals surface area contributed by atoms with E-state index >= 15 is 0 Å². The lowest BCUT2D eigenvalue weighted by Crippen LogP contribution is -2.36. The minimum absolute atomic E-state index is 0.0920. The van der Waals surface area contributed by atoms with E-state index < -0.39 is 10.0 Å². The standard InChI is InChI=1S/C17H28N2O4S/c1-6-7-14(5)18-17(20)11-23-16-9-8-15(10-13(16)4)24(21,22)19-12(2)3/h8-10,12,14,19H,6-7,11H2,1-5H3,(H,18,20)/t14-/m1/s1. The highest BCUT2D eigenvalue weighted by atomic mass is 32.2. The number of ether oxygens (including phenoxy) is 1. The molecule has 0 fully saturated rings. The lowest BCUT2D eigenvalue weighted by molar-refractivity contribution is -0.123. The molecular formula is C17H28N2O4S. The highest BCUT2D eigenvalue weighted by Gasteiger charge is 2.17. The van der Waals surface area contributed by atoms with Crippen molar-refractivity contribution in [3.63, 3.8) is 0 Å². The summed E-state index contributed by atoms with van der Waals surface area (Å²) in [5, 5.41) is 2.86. The van der Waals surface area contributed by atoms with Crippen LogP contribution in [-0.2, 0) is 14.8 Å². The average molecular weight is 356 g/mol. The number of sulfonamides is 1. The average Bonchev–Trinajstić information content (AvgIpc) is 2.44. The third-order valence-corrected chi connectivity index (χ3v) is 4.99. The smallest absolute Gasteiger partial charge is 0.258 e. The predicted molar refractivity (Wildman–Crippen MR) is 94.6 cm³/mol. The molecule has 0 aliphatic carbocycles. The predicted octanol–water partition coefficient (Wildman–Crippen LogP) is 2.37. The quantitative estimate of drug-likeness (QED) is 0.711. The van der Waals surface area contributed by atoms with Crippen molar-refractivity contribution in [2.75, 3.05) is 6.61 Å². The minimum Gasteiger partial charge on any atom is -0.484 e. The van der Waals surface area contributed by atoms with Gasteiger partial charge in [-0.05, 0) is 57.9 Å². The second kappa shape index (κ2) is 9.03. The Morgan fingerprint density at radius 3 is 2.46 bits per heavy atom. The number of hydrogen-bond acceptors (Lipinski definition) is 4. The molecule has 0 saturated carbocycles. The molecule has 1 aromatic rings. The van der Waals surface area contributed by atoms with Crippen LogP contribution in [0.4, 0.5) is 0 Å². The molecule has 24 heavy (non-hydrogen) atoms. The van der Waals surface area contributed by atoms with Crippen LogP contribution in [0.5, 0.6) is 5.75 Å². The zero-order valence-corrected chi connectivity index (χ0v) is 15.9. The number of aryl methyl sites for hydroxylation is 1. The van der Waals surface area contributed by atoms with Crippen LogP contribution in [-0.4, -0.2) is 33.0 Å². The van der Waals surface area contributed by atoms with E-state index in [1.165, 1.54) is 12.1 Å². The first-order valence-electron chi connectivity index (χ1n) is 8.20. The first-order chi connectivity index (χ1) is 11.2. The summed E-state index contributed by atoms with van der Waals surface area (Å²) in [5.41, 5.74) is 0.663. The van der Waals surface area contributed by atoms with E-state index in [1.54, 1.807) is 26.8 Å². The molecule has 0 saturated heterocycles. The molecule has 6 nitrogen and oxygen atoms in total. The van der Waals surface area contributed by atoms with Crippen molar-refractivity contribution in [3.8, 4) is 5.75 Å². The molecular weight excluding hydrogens is 328 g/mol. The van der Waals surface area contributed by atoms with E-state index in [-0.39, 0.29) is 29.5 Å². The maximum atomic E-state index is 12.1. The van der Waals surface area contributed by atoms with Crippen LogP contribution >= 0.6 is 0 Å². The number of amides is 1. The van der Waals surface area contributed by atoms with E-state index in [0.29, 0.717) is 11.3 Å². The Morgan fingerprint density at radius 2 is 1.92 bits per heavy atom. The first kappa shape index (κ1) is 20.4. The molecule has 7 heteroatoms. The van der Waals surface area contributed by atoms with Crippen molar-refractivity contribution in [1.82, 2.24) is 10.0 Å². The van der Waals surface area contributed by atoms with Crippen LogP contribution in [0.1, 0.15) is 46.1 Å². The maximum Gasteiger partial charge on any atom is 0.258 e. The lowest BCUT2D eigenvalue weighted by Gasteiger charge is -2.15. The van der Waals surface area contributed by atoms with Gasteiger partial charge in [0.15, 0.2) is 6.61 Å². The third-order valence-electron chi connectivity index (χ3n) is 3.34. The van der Waals surface area contributed by atoms with Crippen LogP contribution in [0.3, 0.4) is 0 Å². The zero-order chi connectivity index (χ0) is 18.3. The highest BCUT2D eigenvalue weighted by molar-refractivity contribution is 7.89. The number of benzene rings is 1. The van der Waals surface area contributed by atoms with Gasteiger partial charge in [0.2, 0.25) is 10.0 Å². The summed E-state index contributed by atoms with van der Waals surface area (Å²) in [6, 6.07) is 4.52. The summed E-state index contributed by atoms with van der Waals surface area (Å²) in [6.45, 7) is 9.20. The monoisotopic (exact) mass is 356 g/mol. The van der Waals surface area contributed by atoms with E-state index in [4.69, 9.17) is 4.74 Å². The van der Waals surface area contributed by atoms with Gasteiger partial charge in [-0.2, -0.15) is 0 Å². The van der Waals surface area contributed by atoms with Gasteiger partial charge in [-0.1, -0.05) is 13.3 Å². The summed E-state index contributed by atoms with van der Waals surface area (Å²) in [6.07, 6.45) is 1.92. The van der Waals surface area contributed by atoms with Gasteiger partial charge >= 0.3 is 0 Å². The van der Waals surface area contributed by atoms with E-state index in [2.05, 4.69) is 17.0 Å². The van der Waals surface area contributed by atoms with Crippen molar-refractivity contribution in [3.05, 3.63) is 23.8 Å². The molecule has 0 bridgehead atoms. The summed E-state index contributed by atoms with van der Waals surface area (Å²) in [5.74, 6) is 0.310. The Labute approximate surface area is 145 Å². The van der Waals surface area contributed by atoms with Crippen LogP contribution in [0, 0.1) is 6.92 Å². The molecule has 0 radical (unpaired) electrons. The number of nitrogens with one attached hydrogen (secondary N) is 2. The fraction of sp³-hybridized carbons (Fsp3) is 0.588. The van der Waals surface area contributed by atoms with Crippen molar-refractivity contribution in [1.29, 1.82) is 0 Å². The van der Waals surface area contributed by atoms with Gasteiger partial charge in [0.05, 0.1) is 4.90 Å². The van der Waals surface area contributed by atoms with Gasteiger partial charge in [-0.15, -0.1) is 0 Å². The van der Waals surface area contributed by atoms with E-state index in [1.807, 2.05) is 6.92 Å². The molecule has 1 rings (SSSR count). The van der Waals surface area contributed by atoms with Crippen molar-refractivity contribution in [2.24, 2.45) is 0 Å². The highest BCUT2D eigenvalue weighted by Crippen LogP contribution is 2.22. The summed E-state index contributed by atoms with van der Waals surface area (Å²) in [7, 11) is -3.54. The van der Waals surface area contributed by atoms with Gasteiger partial charge in [-0.25, -0.2) is 13.1 Å². The summed E-state index contributed by atoms with van der Waals surface area (Å²) in [4.78, 5) is 12.0. The molecule has 0 heterocycles. The Bertz CT molecular complexity index is 657. The van der Waals surface area contributed by atoms with Gasteiger partial charge in [0.25, 0.3) is 5.91 Å². The molecule has 136 valence electrons. The van der Waals surface area contributed by atoms with Gasteiger partial charge in [0, 0.05) is 12.1 Å². The molecule has 1 amide bonds. The van der Waals surface area contributed by atoms with Gasteiger partial charge in [-0.3, -0.25) is 4.79 Å². The Morgan fingerprint density at radius 1 is 1.25 bits per heavy atom. The Balaban J connectivity index is 2.71. The first-order valence-corrected chi connectivity index (χ1v) is 9.69. The second-order valence-electron chi connectivity index (χ2n) is 6.25. The molecule has 0 aliphatic rings. The lowest BCUT2D eigenvalue weighted by atomic mass is 10.2. The molecule has 0 unspecified atom stereocenters. The molecule has 0 aliphatic heterocycles. The van der Waals surface area contributed by atoms with Gasteiger partial charge in [0.1, 0.15) is 5.75 Å². The van der Waals surface area contributed by atoms with Crippen molar-refractivity contribution < 1.29 is 17.9 Å². The summed E-state index contributed by atoms with van der Waals surface area (Å²) < 4.78 is 32.3. The molecule has 0 spiro atoms. The normalized spacial score (nSPS) is 12.9. The van der Waals surface area contributed by atoms with Crippen molar-refractivity contribution in [2.45, 2.75) is 64.4 Å². The molecule has 1 atom stereocenters. The molecule has 0 aromatic heterocycles. The number of carbonyl (C=O) groups excluding carboxylic acids is 1. The SMILES string of the molecule is CCC[C@@H](C)NC(=O)COc1ccc(S(=O)(=O)NC(C)C)cc1C. The molecule has 2 N–H and O–H groups in total. The van der Waals surface area contributed by atoms with E-state index in [9.17, 15) is 13.2 Å². The van der Waals surface area contributed by atoms with Crippen LogP contribution < -0.4 is 14.8 Å². The number of hydrogen-bond donors (Lipinski definition) is 2.